The largest absolute Gasteiger partial charge is 0.322 e. The smallest absolute Gasteiger partial charge is 0.312 e. The predicted octanol–water partition coefficient (Wildman–Crippen LogP) is 6.37. The van der Waals surface area contributed by atoms with Gasteiger partial charge in [-0.25, -0.2) is 4.79 Å². The lowest BCUT2D eigenvalue weighted by Crippen LogP contribution is -2.42. The number of anilines is 1. The first-order valence-electron chi connectivity index (χ1n) is 11.1. The zero-order valence-corrected chi connectivity index (χ0v) is 18.3. The lowest BCUT2D eigenvalue weighted by Gasteiger charge is -2.36. The summed E-state index contributed by atoms with van der Waals surface area (Å²) >= 11 is 1.95. The zero-order valence-electron chi connectivity index (χ0n) is 17.5. The normalized spacial score (nSPS) is 17.9. The quantitative estimate of drug-likeness (QED) is 0.529. The van der Waals surface area contributed by atoms with E-state index in [0.29, 0.717) is 0 Å². The van der Waals surface area contributed by atoms with Gasteiger partial charge in [0, 0.05) is 22.0 Å². The van der Waals surface area contributed by atoms with Gasteiger partial charge in [-0.1, -0.05) is 55.5 Å². The predicted molar refractivity (Wildman–Crippen MR) is 124 cm³/mol. The molecular weight excluding hydrogens is 388 g/mol. The van der Waals surface area contributed by atoms with E-state index in [1.54, 1.807) is 10.4 Å². The van der Waals surface area contributed by atoms with Gasteiger partial charge in [0.15, 0.2) is 0 Å². The molecule has 0 unspecified atom stereocenters. The number of hydrogen-bond acceptors (Lipinski definition) is 2. The summed E-state index contributed by atoms with van der Waals surface area (Å²) in [7, 11) is 0. The number of nitrogens with one attached hydrogen (secondary N) is 1. The van der Waals surface area contributed by atoms with Crippen LogP contribution in [-0.2, 0) is 25.7 Å². The van der Waals surface area contributed by atoms with Crippen LogP contribution in [-0.4, -0.2) is 17.5 Å². The second-order valence-corrected chi connectivity index (χ2v) is 9.39. The van der Waals surface area contributed by atoms with E-state index in [2.05, 4.69) is 48.6 Å². The maximum atomic E-state index is 13.5. The highest BCUT2D eigenvalue weighted by Gasteiger charge is 2.36. The summed E-state index contributed by atoms with van der Waals surface area (Å²) in [5.41, 5.74) is 6.43. The number of aryl methyl sites for hydroxylation is 2. The van der Waals surface area contributed by atoms with E-state index in [-0.39, 0.29) is 12.1 Å². The van der Waals surface area contributed by atoms with Crippen molar-refractivity contribution in [3.05, 3.63) is 86.6 Å². The zero-order chi connectivity index (χ0) is 20.5. The van der Waals surface area contributed by atoms with E-state index in [0.717, 1.165) is 25.1 Å². The van der Waals surface area contributed by atoms with Gasteiger partial charge in [-0.3, -0.25) is 0 Å². The number of hydrogen-bond donors (Lipinski definition) is 1. The van der Waals surface area contributed by atoms with Crippen LogP contribution >= 0.6 is 11.3 Å². The molecule has 0 saturated carbocycles. The van der Waals surface area contributed by atoms with Crippen LogP contribution in [0, 0.1) is 0 Å². The van der Waals surface area contributed by atoms with Crippen LogP contribution in [0.5, 0.6) is 0 Å². The molecule has 154 valence electrons. The summed E-state index contributed by atoms with van der Waals surface area (Å²) in [5.74, 6) is 0. The van der Waals surface area contributed by atoms with Crippen LogP contribution in [0.4, 0.5) is 10.5 Å². The maximum Gasteiger partial charge on any atom is 0.322 e. The van der Waals surface area contributed by atoms with Gasteiger partial charge in [0.05, 0.1) is 6.04 Å². The first-order chi connectivity index (χ1) is 14.8. The Morgan fingerprint density at radius 3 is 2.60 bits per heavy atom. The molecule has 30 heavy (non-hydrogen) atoms. The molecule has 1 aliphatic heterocycles. The molecule has 0 saturated heterocycles. The average molecular weight is 417 g/mol. The van der Waals surface area contributed by atoms with Gasteiger partial charge in [-0.15, -0.1) is 11.3 Å². The Morgan fingerprint density at radius 1 is 1.00 bits per heavy atom. The Bertz CT molecular complexity index is 1060. The Morgan fingerprint density at radius 2 is 1.77 bits per heavy atom. The maximum absolute atomic E-state index is 13.5. The molecule has 4 heteroatoms. The third kappa shape index (κ3) is 3.43. The molecule has 0 spiro atoms. The Labute approximate surface area is 182 Å². The van der Waals surface area contributed by atoms with Crippen LogP contribution in [0.15, 0.2) is 54.6 Å². The Kier molecular flexibility index (Phi) is 5.34. The first kappa shape index (κ1) is 19.4. The number of amides is 2. The molecule has 0 radical (unpaired) electrons. The molecule has 3 nitrogen and oxygen atoms in total. The van der Waals surface area contributed by atoms with Crippen LogP contribution in [0.2, 0.25) is 0 Å². The van der Waals surface area contributed by atoms with Gasteiger partial charge < -0.3 is 10.2 Å². The third-order valence-electron chi connectivity index (χ3n) is 6.49. The van der Waals surface area contributed by atoms with E-state index >= 15 is 0 Å². The van der Waals surface area contributed by atoms with Gasteiger partial charge in [-0.2, -0.15) is 0 Å². The highest BCUT2D eigenvalue weighted by atomic mass is 32.1. The lowest BCUT2D eigenvalue weighted by molar-refractivity contribution is 0.195. The van der Waals surface area contributed by atoms with Crippen molar-refractivity contribution < 1.29 is 4.79 Å². The fourth-order valence-corrected chi connectivity index (χ4v) is 6.56. The minimum atomic E-state index is -0.000612. The van der Waals surface area contributed by atoms with Crippen molar-refractivity contribution in [1.29, 1.82) is 0 Å². The molecule has 5 rings (SSSR count). The van der Waals surface area contributed by atoms with Gasteiger partial charge in [0.25, 0.3) is 0 Å². The van der Waals surface area contributed by atoms with Crippen LogP contribution in [0.3, 0.4) is 0 Å². The van der Waals surface area contributed by atoms with Crippen LogP contribution in [0.1, 0.15) is 57.8 Å². The molecule has 2 heterocycles. The van der Waals surface area contributed by atoms with Crippen LogP contribution < -0.4 is 5.32 Å². The average Bonchev–Trinajstić information content (AvgIpc) is 3.18. The lowest BCUT2D eigenvalue weighted by atomic mass is 9.88. The van der Waals surface area contributed by atoms with Crippen LogP contribution in [0.25, 0.3) is 0 Å². The van der Waals surface area contributed by atoms with Gasteiger partial charge in [0.2, 0.25) is 0 Å². The first-order valence-corrected chi connectivity index (χ1v) is 11.9. The molecule has 1 aromatic heterocycles. The number of fused-ring (bicyclic) bond motifs is 3. The van der Waals surface area contributed by atoms with Gasteiger partial charge >= 0.3 is 6.03 Å². The summed E-state index contributed by atoms with van der Waals surface area (Å²) in [4.78, 5) is 18.5. The van der Waals surface area contributed by atoms with E-state index < -0.39 is 0 Å². The molecule has 2 aromatic carbocycles. The molecule has 0 fully saturated rings. The van der Waals surface area contributed by atoms with Crippen molar-refractivity contribution >= 4 is 23.1 Å². The minimum absolute atomic E-state index is 0.000612. The number of thiophene rings is 1. The minimum Gasteiger partial charge on any atom is -0.312 e. The molecule has 2 aliphatic rings. The summed E-state index contributed by atoms with van der Waals surface area (Å²) in [5, 5.41) is 3.22. The number of carbonyl (C=O) groups is 1. The van der Waals surface area contributed by atoms with E-state index in [1.165, 1.54) is 47.3 Å². The molecule has 3 aromatic rings. The number of nitrogens with zero attached hydrogens (tertiary/aromatic N) is 1. The Hall–Kier alpha value is -2.59. The highest BCUT2D eigenvalue weighted by molar-refractivity contribution is 7.12. The second kappa shape index (κ2) is 8.27. The number of urea groups is 1. The molecule has 0 bridgehead atoms. The SMILES string of the molecule is CCc1ccccc1NC(=O)N1CCc2c(sc3c2CCCC3)[C@H]1c1ccccc1. The van der Waals surface area contributed by atoms with Crippen molar-refractivity contribution in [2.75, 3.05) is 11.9 Å². The fraction of sp³-hybridized carbons (Fsp3) is 0.346. The van der Waals surface area contributed by atoms with E-state index in [9.17, 15) is 4.79 Å². The van der Waals surface area contributed by atoms with Crippen molar-refractivity contribution in [3.63, 3.8) is 0 Å². The summed E-state index contributed by atoms with van der Waals surface area (Å²) in [6.07, 6.45) is 6.86. The molecule has 1 aliphatic carbocycles. The topological polar surface area (TPSA) is 32.3 Å². The van der Waals surface area contributed by atoms with Crippen molar-refractivity contribution in [3.8, 4) is 0 Å². The number of para-hydroxylation sites is 1. The van der Waals surface area contributed by atoms with E-state index in [1.807, 2.05) is 34.4 Å². The molecule has 1 atom stereocenters. The number of rotatable bonds is 3. The standard InChI is InChI=1S/C26H28N2OS/c1-2-18-10-6-8-14-22(18)27-26(29)28-17-16-21-20-13-7-9-15-23(20)30-25(21)24(28)19-11-4-3-5-12-19/h3-6,8,10-12,14,24H,2,7,9,13,15-17H2,1H3,(H,27,29)/t24-/m1/s1. The monoisotopic (exact) mass is 416 g/mol. The highest BCUT2D eigenvalue weighted by Crippen LogP contribution is 2.45. The van der Waals surface area contributed by atoms with Crippen molar-refractivity contribution in [2.24, 2.45) is 0 Å². The summed E-state index contributed by atoms with van der Waals surface area (Å²) in [6, 6.07) is 18.7. The number of carbonyl (C=O) groups excluding carboxylic acids is 1. The van der Waals surface area contributed by atoms with E-state index in [4.69, 9.17) is 0 Å². The van der Waals surface area contributed by atoms with Gasteiger partial charge in [0.1, 0.15) is 0 Å². The molecule has 2 amide bonds. The van der Waals surface area contributed by atoms with Gasteiger partial charge in [-0.05, 0) is 66.8 Å². The fourth-order valence-electron chi connectivity index (χ4n) is 4.97. The number of benzene rings is 2. The van der Waals surface area contributed by atoms with Crippen molar-refractivity contribution in [2.45, 2.75) is 51.5 Å². The van der Waals surface area contributed by atoms with Crippen molar-refractivity contribution in [1.82, 2.24) is 4.90 Å². The molecular formula is C26H28N2OS. The molecule has 1 N–H and O–H groups in total. The Balaban J connectivity index is 1.53. The third-order valence-corrected chi connectivity index (χ3v) is 7.88. The summed E-state index contributed by atoms with van der Waals surface area (Å²) in [6.45, 7) is 2.89. The second-order valence-electron chi connectivity index (χ2n) is 8.25. The summed E-state index contributed by atoms with van der Waals surface area (Å²) < 4.78 is 0.